The van der Waals surface area contributed by atoms with E-state index in [1.54, 1.807) is 0 Å². The van der Waals surface area contributed by atoms with Gasteiger partial charge in [-0.15, -0.1) is 0 Å². The zero-order chi connectivity index (χ0) is 12.3. The molecule has 94 valence electrons. The van der Waals surface area contributed by atoms with Crippen LogP contribution in [0.15, 0.2) is 16.7 Å². The lowest BCUT2D eigenvalue weighted by Gasteiger charge is -2.32. The monoisotopic (exact) mass is 297 g/mol. The van der Waals surface area contributed by atoms with E-state index in [9.17, 15) is 0 Å². The second-order valence-corrected chi connectivity index (χ2v) is 5.75. The summed E-state index contributed by atoms with van der Waals surface area (Å²) in [5.74, 6) is 1.01. The molecule has 1 aliphatic rings. The highest BCUT2D eigenvalue weighted by molar-refractivity contribution is 9.10. The minimum atomic E-state index is 0.647. The molecule has 0 spiro atoms. The highest BCUT2D eigenvalue weighted by Crippen LogP contribution is 2.19. The summed E-state index contributed by atoms with van der Waals surface area (Å²) in [6.07, 6.45) is 5.82. The van der Waals surface area contributed by atoms with Crippen LogP contribution in [0.4, 0.5) is 5.82 Å². The molecule has 0 amide bonds. The molecule has 0 radical (unpaired) electrons. The molecule has 0 aliphatic carbocycles. The Labute approximate surface area is 112 Å². The second-order valence-electron chi connectivity index (χ2n) is 4.83. The molecular formula is C13H20BrN3. The largest absolute Gasteiger partial charge is 0.368 e. The molecule has 3 nitrogen and oxygen atoms in total. The van der Waals surface area contributed by atoms with Crippen molar-refractivity contribution < 1.29 is 0 Å². The molecule has 1 atom stereocenters. The van der Waals surface area contributed by atoms with E-state index >= 15 is 0 Å². The van der Waals surface area contributed by atoms with Crippen LogP contribution in [0.2, 0.25) is 0 Å². The van der Waals surface area contributed by atoms with Gasteiger partial charge in [-0.3, -0.25) is 0 Å². The van der Waals surface area contributed by atoms with Gasteiger partial charge in [0.1, 0.15) is 5.82 Å². The van der Waals surface area contributed by atoms with Gasteiger partial charge in [0.15, 0.2) is 0 Å². The molecule has 1 aromatic rings. The average molecular weight is 298 g/mol. The quantitative estimate of drug-likeness (QED) is 0.929. The van der Waals surface area contributed by atoms with Crippen LogP contribution in [-0.2, 0) is 0 Å². The van der Waals surface area contributed by atoms with Crippen LogP contribution in [0.1, 0.15) is 24.8 Å². The molecule has 17 heavy (non-hydrogen) atoms. The van der Waals surface area contributed by atoms with E-state index in [-0.39, 0.29) is 0 Å². The number of rotatable bonds is 3. The summed E-state index contributed by atoms with van der Waals surface area (Å²) < 4.78 is 1.04. The van der Waals surface area contributed by atoms with Crippen LogP contribution in [0, 0.1) is 6.92 Å². The van der Waals surface area contributed by atoms with Gasteiger partial charge in [0.2, 0.25) is 0 Å². The highest BCUT2D eigenvalue weighted by atomic mass is 79.9. The Morgan fingerprint density at radius 2 is 2.35 bits per heavy atom. The van der Waals surface area contributed by atoms with Crippen molar-refractivity contribution in [3.05, 3.63) is 22.3 Å². The van der Waals surface area contributed by atoms with E-state index in [4.69, 9.17) is 0 Å². The lowest BCUT2D eigenvalue weighted by atomic mass is 10.0. The number of hydrogen-bond donors (Lipinski definition) is 1. The molecule has 0 bridgehead atoms. The molecular weight excluding hydrogens is 278 g/mol. The maximum atomic E-state index is 4.41. The minimum absolute atomic E-state index is 0.647. The van der Waals surface area contributed by atoms with Gasteiger partial charge in [0, 0.05) is 23.3 Å². The van der Waals surface area contributed by atoms with Gasteiger partial charge in [-0.25, -0.2) is 4.98 Å². The number of nitrogens with zero attached hydrogens (tertiary/aromatic N) is 2. The normalized spacial score (nSPS) is 21.5. The van der Waals surface area contributed by atoms with Crippen LogP contribution < -0.4 is 5.32 Å². The molecule has 1 saturated heterocycles. The number of anilines is 1. The van der Waals surface area contributed by atoms with Crippen LogP contribution in [0.25, 0.3) is 0 Å². The van der Waals surface area contributed by atoms with Gasteiger partial charge < -0.3 is 10.2 Å². The van der Waals surface area contributed by atoms with Crippen molar-refractivity contribution in [1.29, 1.82) is 0 Å². The zero-order valence-corrected chi connectivity index (χ0v) is 12.1. The maximum Gasteiger partial charge on any atom is 0.128 e. The van der Waals surface area contributed by atoms with Crippen molar-refractivity contribution in [1.82, 2.24) is 9.88 Å². The van der Waals surface area contributed by atoms with Crippen LogP contribution in [-0.4, -0.2) is 36.1 Å². The summed E-state index contributed by atoms with van der Waals surface area (Å²) in [5, 5.41) is 3.47. The number of piperidine rings is 1. The number of aryl methyl sites for hydroxylation is 1. The van der Waals surface area contributed by atoms with Crippen molar-refractivity contribution in [2.24, 2.45) is 0 Å². The number of halogens is 1. The van der Waals surface area contributed by atoms with Crippen molar-refractivity contribution in [3.63, 3.8) is 0 Å². The summed E-state index contributed by atoms with van der Waals surface area (Å²) in [5.41, 5.74) is 1.19. The summed E-state index contributed by atoms with van der Waals surface area (Å²) in [7, 11) is 2.22. The lowest BCUT2D eigenvalue weighted by Crippen LogP contribution is -2.40. The van der Waals surface area contributed by atoms with Crippen molar-refractivity contribution in [2.45, 2.75) is 32.2 Å². The highest BCUT2D eigenvalue weighted by Gasteiger charge is 2.18. The van der Waals surface area contributed by atoms with Gasteiger partial charge in [-0.2, -0.15) is 0 Å². The van der Waals surface area contributed by atoms with E-state index in [0.29, 0.717) is 6.04 Å². The smallest absolute Gasteiger partial charge is 0.128 e. The number of pyridine rings is 1. The summed E-state index contributed by atoms with van der Waals surface area (Å²) >= 11 is 3.44. The molecule has 1 N–H and O–H groups in total. The average Bonchev–Trinajstić information content (AvgIpc) is 2.30. The van der Waals surface area contributed by atoms with Gasteiger partial charge in [-0.05, 0) is 60.9 Å². The van der Waals surface area contributed by atoms with Crippen molar-refractivity contribution in [2.75, 3.05) is 25.5 Å². The first-order valence-corrected chi connectivity index (χ1v) is 7.02. The van der Waals surface area contributed by atoms with Gasteiger partial charge in [0.25, 0.3) is 0 Å². The number of nitrogens with one attached hydrogen (secondary N) is 1. The minimum Gasteiger partial charge on any atom is -0.368 e. The number of aromatic nitrogens is 1. The number of hydrogen-bond acceptors (Lipinski definition) is 3. The topological polar surface area (TPSA) is 28.2 Å². The summed E-state index contributed by atoms with van der Waals surface area (Å²) in [6.45, 7) is 4.30. The molecule has 0 aromatic carbocycles. The molecule has 2 heterocycles. The third-order valence-corrected chi connectivity index (χ3v) is 3.91. The maximum absolute atomic E-state index is 4.41. The van der Waals surface area contributed by atoms with Crippen molar-refractivity contribution in [3.8, 4) is 0 Å². The first kappa shape index (κ1) is 12.8. The third-order valence-electron chi connectivity index (χ3n) is 3.47. The summed E-state index contributed by atoms with van der Waals surface area (Å²) in [6, 6.07) is 2.74. The molecule has 1 fully saturated rings. The van der Waals surface area contributed by atoms with E-state index in [1.807, 2.05) is 6.20 Å². The fraction of sp³-hybridized carbons (Fsp3) is 0.615. The fourth-order valence-corrected chi connectivity index (χ4v) is 2.79. The first-order chi connectivity index (χ1) is 8.16. The fourth-order valence-electron chi connectivity index (χ4n) is 2.34. The lowest BCUT2D eigenvalue weighted by molar-refractivity contribution is 0.194. The molecule has 2 rings (SSSR count). The summed E-state index contributed by atoms with van der Waals surface area (Å²) in [4.78, 5) is 6.86. The molecule has 0 saturated carbocycles. The molecule has 4 heteroatoms. The first-order valence-electron chi connectivity index (χ1n) is 6.23. The Balaban J connectivity index is 1.92. The third kappa shape index (κ3) is 3.42. The Kier molecular flexibility index (Phi) is 4.40. The second kappa shape index (κ2) is 5.83. The molecule has 1 unspecified atom stereocenters. The van der Waals surface area contributed by atoms with Crippen molar-refractivity contribution >= 4 is 21.7 Å². The van der Waals surface area contributed by atoms with Crippen LogP contribution in [0.3, 0.4) is 0 Å². The Morgan fingerprint density at radius 1 is 1.53 bits per heavy atom. The Hall–Kier alpha value is -0.610. The standard InChI is InChI=1S/C13H20BrN3/c1-10-7-11(14)8-15-13(10)16-9-12-5-3-4-6-17(12)2/h7-8,12H,3-6,9H2,1-2H3,(H,15,16). The van der Waals surface area contributed by atoms with E-state index in [1.165, 1.54) is 31.4 Å². The van der Waals surface area contributed by atoms with Gasteiger partial charge in [-0.1, -0.05) is 6.42 Å². The van der Waals surface area contributed by atoms with E-state index in [0.717, 1.165) is 16.8 Å². The predicted octanol–water partition coefficient (Wildman–Crippen LogP) is 3.05. The predicted molar refractivity (Wildman–Crippen MR) is 75.4 cm³/mol. The Morgan fingerprint density at radius 3 is 3.06 bits per heavy atom. The van der Waals surface area contributed by atoms with E-state index in [2.05, 4.69) is 51.2 Å². The van der Waals surface area contributed by atoms with Gasteiger partial charge in [0.05, 0.1) is 0 Å². The SMILES string of the molecule is Cc1cc(Br)cnc1NCC1CCCCN1C. The molecule has 1 aromatic heterocycles. The Bertz CT molecular complexity index is 381. The zero-order valence-electron chi connectivity index (χ0n) is 10.5. The van der Waals surface area contributed by atoms with Crippen LogP contribution >= 0.6 is 15.9 Å². The number of likely N-dealkylation sites (N-methyl/N-ethyl adjacent to an activating group) is 1. The number of likely N-dealkylation sites (tertiary alicyclic amines) is 1. The molecule has 1 aliphatic heterocycles. The van der Waals surface area contributed by atoms with Crippen LogP contribution in [0.5, 0.6) is 0 Å². The van der Waals surface area contributed by atoms with E-state index < -0.39 is 0 Å². The van der Waals surface area contributed by atoms with Gasteiger partial charge >= 0.3 is 0 Å².